The molecule has 0 spiro atoms. The molecule has 2 aromatic rings. The second-order valence-corrected chi connectivity index (χ2v) is 6.91. The monoisotopic (exact) mass is 340 g/mol. The van der Waals surface area contributed by atoms with Crippen molar-refractivity contribution < 1.29 is 14.3 Å². The molecule has 0 unspecified atom stereocenters. The smallest absolute Gasteiger partial charge is 0.357 e. The molecule has 0 radical (unpaired) electrons. The number of pyridine rings is 1. The van der Waals surface area contributed by atoms with Gasteiger partial charge in [-0.2, -0.15) is 0 Å². The van der Waals surface area contributed by atoms with Crippen LogP contribution in [0.15, 0.2) is 36.4 Å². The molecule has 1 heterocycles. The summed E-state index contributed by atoms with van der Waals surface area (Å²) in [6.45, 7) is 4.11. The Morgan fingerprint density at radius 1 is 1.16 bits per heavy atom. The van der Waals surface area contributed by atoms with Crippen LogP contribution in [0.4, 0.5) is 0 Å². The Kier molecular flexibility index (Phi) is 5.31. The van der Waals surface area contributed by atoms with Crippen LogP contribution in [-0.4, -0.2) is 29.5 Å². The van der Waals surface area contributed by atoms with E-state index in [0.29, 0.717) is 11.8 Å². The Morgan fingerprint density at radius 3 is 2.80 bits per heavy atom. The summed E-state index contributed by atoms with van der Waals surface area (Å²) in [5.74, 6) is 0.213. The van der Waals surface area contributed by atoms with Crippen LogP contribution < -0.4 is 5.32 Å². The van der Waals surface area contributed by atoms with Gasteiger partial charge in [0.05, 0.1) is 5.52 Å². The first-order valence-electron chi connectivity index (χ1n) is 8.87. The minimum absolute atomic E-state index is 0.161. The first kappa shape index (κ1) is 17.4. The molecule has 0 saturated heterocycles. The molecule has 0 aliphatic heterocycles. The number of nitrogens with zero attached hydrogens (tertiary/aromatic N) is 1. The van der Waals surface area contributed by atoms with Crippen molar-refractivity contribution in [3.8, 4) is 0 Å². The fourth-order valence-corrected chi connectivity index (χ4v) is 3.42. The first-order valence-corrected chi connectivity index (χ1v) is 8.87. The van der Waals surface area contributed by atoms with Crippen LogP contribution in [0, 0.1) is 11.8 Å². The van der Waals surface area contributed by atoms with Gasteiger partial charge >= 0.3 is 5.97 Å². The summed E-state index contributed by atoms with van der Waals surface area (Å²) >= 11 is 0. The number of fused-ring (bicyclic) bond motifs is 1. The van der Waals surface area contributed by atoms with Crippen molar-refractivity contribution in [3.05, 3.63) is 42.1 Å². The Balaban J connectivity index is 1.55. The predicted octanol–water partition coefficient (Wildman–Crippen LogP) is 3.33. The Hall–Kier alpha value is -2.43. The van der Waals surface area contributed by atoms with E-state index in [9.17, 15) is 9.59 Å². The largest absolute Gasteiger partial charge is 0.451 e. The average molecular weight is 340 g/mol. The normalized spacial score (nSPS) is 23.2. The fourth-order valence-electron chi connectivity index (χ4n) is 3.42. The van der Waals surface area contributed by atoms with Gasteiger partial charge in [-0.3, -0.25) is 4.79 Å². The third-order valence-electron chi connectivity index (χ3n) is 5.20. The Bertz CT molecular complexity index is 774. The van der Waals surface area contributed by atoms with E-state index in [0.717, 1.165) is 23.7 Å². The Labute approximate surface area is 147 Å². The van der Waals surface area contributed by atoms with Crippen molar-refractivity contribution in [3.63, 3.8) is 0 Å². The van der Waals surface area contributed by atoms with E-state index < -0.39 is 5.97 Å². The molecule has 1 aliphatic carbocycles. The zero-order chi connectivity index (χ0) is 17.8. The fraction of sp³-hybridized carbons (Fsp3) is 0.450. The van der Waals surface area contributed by atoms with E-state index in [4.69, 9.17) is 4.74 Å². The number of hydrogen-bond acceptors (Lipinski definition) is 4. The molecular weight excluding hydrogens is 316 g/mol. The molecule has 3 atom stereocenters. The van der Waals surface area contributed by atoms with Gasteiger partial charge in [0.2, 0.25) is 0 Å². The molecule has 132 valence electrons. The number of aromatic nitrogens is 1. The zero-order valence-corrected chi connectivity index (χ0v) is 14.7. The number of benzene rings is 1. The lowest BCUT2D eigenvalue weighted by Crippen LogP contribution is -2.45. The third kappa shape index (κ3) is 4.16. The predicted molar refractivity (Wildman–Crippen MR) is 96.1 cm³/mol. The maximum atomic E-state index is 12.1. The van der Waals surface area contributed by atoms with Gasteiger partial charge in [0.25, 0.3) is 5.91 Å². The standard InChI is InChI=1S/C20H24N2O3/c1-13-6-5-9-16(14(13)2)22-19(23)12-25-20(24)18-11-10-15-7-3-4-8-17(15)21-18/h3-4,7-8,10-11,13-14,16H,5-6,9,12H2,1-2H3,(H,22,23)/t13-,14-,16-/m1/s1. The van der Waals surface area contributed by atoms with Crippen LogP contribution >= 0.6 is 0 Å². The molecule has 1 N–H and O–H groups in total. The highest BCUT2D eigenvalue weighted by Gasteiger charge is 2.28. The summed E-state index contributed by atoms with van der Waals surface area (Å²) in [4.78, 5) is 28.5. The number of ether oxygens (including phenoxy) is 1. The summed E-state index contributed by atoms with van der Waals surface area (Å²) in [6.07, 6.45) is 3.31. The van der Waals surface area contributed by atoms with Crippen molar-refractivity contribution in [2.75, 3.05) is 6.61 Å². The summed E-state index contributed by atoms with van der Waals surface area (Å²) in [5, 5.41) is 3.95. The number of carbonyl (C=O) groups is 2. The SMILES string of the molecule is C[C@@H]1[C@H](C)CCC[C@H]1NC(=O)COC(=O)c1ccc2ccccc2n1. The molecule has 1 fully saturated rings. The highest BCUT2D eigenvalue weighted by Crippen LogP contribution is 2.29. The average Bonchev–Trinajstić information content (AvgIpc) is 2.63. The lowest BCUT2D eigenvalue weighted by atomic mass is 9.78. The van der Waals surface area contributed by atoms with E-state index in [1.54, 1.807) is 6.07 Å². The van der Waals surface area contributed by atoms with Gasteiger partial charge in [0, 0.05) is 11.4 Å². The minimum atomic E-state index is -0.578. The highest BCUT2D eigenvalue weighted by molar-refractivity contribution is 5.92. The highest BCUT2D eigenvalue weighted by atomic mass is 16.5. The van der Waals surface area contributed by atoms with Gasteiger partial charge in [-0.25, -0.2) is 9.78 Å². The summed E-state index contributed by atoms with van der Waals surface area (Å²) in [5.41, 5.74) is 0.942. The first-order chi connectivity index (χ1) is 12.0. The van der Waals surface area contributed by atoms with Crippen LogP contribution in [0.3, 0.4) is 0 Å². The second-order valence-electron chi connectivity index (χ2n) is 6.91. The van der Waals surface area contributed by atoms with Gasteiger partial charge in [-0.1, -0.05) is 51.0 Å². The van der Waals surface area contributed by atoms with Gasteiger partial charge < -0.3 is 10.1 Å². The lowest BCUT2D eigenvalue weighted by molar-refractivity contribution is -0.125. The molecule has 5 nitrogen and oxygen atoms in total. The van der Waals surface area contributed by atoms with Crippen molar-refractivity contribution in [2.24, 2.45) is 11.8 Å². The third-order valence-corrected chi connectivity index (χ3v) is 5.20. The lowest BCUT2D eigenvalue weighted by Gasteiger charge is -2.34. The molecule has 1 aliphatic rings. The number of nitrogens with one attached hydrogen (secondary N) is 1. The van der Waals surface area contributed by atoms with Crippen LogP contribution in [0.25, 0.3) is 10.9 Å². The van der Waals surface area contributed by atoms with Crippen LogP contribution in [0.5, 0.6) is 0 Å². The number of rotatable bonds is 4. The van der Waals surface area contributed by atoms with Gasteiger partial charge in [0.15, 0.2) is 6.61 Å². The van der Waals surface area contributed by atoms with Crippen LogP contribution in [0.2, 0.25) is 0 Å². The number of hydrogen-bond donors (Lipinski definition) is 1. The van der Waals surface area contributed by atoms with Gasteiger partial charge in [0.1, 0.15) is 5.69 Å². The maximum Gasteiger partial charge on any atom is 0.357 e. The van der Waals surface area contributed by atoms with E-state index in [1.807, 2.05) is 30.3 Å². The molecule has 1 aromatic heterocycles. The van der Waals surface area contributed by atoms with Crippen molar-refractivity contribution >= 4 is 22.8 Å². The number of esters is 1. The summed E-state index contributed by atoms with van der Waals surface area (Å²) < 4.78 is 5.13. The van der Waals surface area contributed by atoms with E-state index in [1.165, 1.54) is 6.42 Å². The zero-order valence-electron chi connectivity index (χ0n) is 14.7. The minimum Gasteiger partial charge on any atom is -0.451 e. The number of carbonyl (C=O) groups excluding carboxylic acids is 2. The van der Waals surface area contributed by atoms with Crippen molar-refractivity contribution in [1.82, 2.24) is 10.3 Å². The quantitative estimate of drug-likeness (QED) is 0.867. The second kappa shape index (κ2) is 7.64. The summed E-state index contributed by atoms with van der Waals surface area (Å²) in [7, 11) is 0. The molecule has 1 aromatic carbocycles. The number of amides is 1. The van der Waals surface area contributed by atoms with E-state index >= 15 is 0 Å². The maximum absolute atomic E-state index is 12.1. The molecule has 1 amide bonds. The number of para-hydroxylation sites is 1. The van der Waals surface area contributed by atoms with E-state index in [-0.39, 0.29) is 24.2 Å². The molecule has 0 bridgehead atoms. The van der Waals surface area contributed by atoms with Crippen LogP contribution in [-0.2, 0) is 9.53 Å². The molecule has 25 heavy (non-hydrogen) atoms. The van der Waals surface area contributed by atoms with E-state index in [2.05, 4.69) is 24.1 Å². The van der Waals surface area contributed by atoms with Crippen molar-refractivity contribution in [2.45, 2.75) is 39.2 Å². The summed E-state index contributed by atoms with van der Waals surface area (Å²) in [6, 6.07) is 11.1. The molecule has 3 rings (SSSR count). The topological polar surface area (TPSA) is 68.3 Å². The Morgan fingerprint density at radius 2 is 1.96 bits per heavy atom. The molecule has 5 heteroatoms. The molecule has 1 saturated carbocycles. The van der Waals surface area contributed by atoms with Crippen LogP contribution in [0.1, 0.15) is 43.6 Å². The molecular formula is C20H24N2O3. The van der Waals surface area contributed by atoms with Crippen molar-refractivity contribution in [1.29, 1.82) is 0 Å². The van der Waals surface area contributed by atoms with Gasteiger partial charge in [-0.15, -0.1) is 0 Å². The van der Waals surface area contributed by atoms with Gasteiger partial charge in [-0.05, 0) is 30.4 Å².